The second-order valence-corrected chi connectivity index (χ2v) is 2.38. The van der Waals surface area contributed by atoms with E-state index in [4.69, 9.17) is 26.9 Å². The fraction of sp³-hybridized carbons (Fsp3) is 0.167. The van der Waals surface area contributed by atoms with Crippen LogP contribution in [0.3, 0.4) is 0 Å². The van der Waals surface area contributed by atoms with Crippen molar-refractivity contribution < 1.29 is 29.7 Å². The van der Waals surface area contributed by atoms with E-state index in [0.29, 0.717) is 6.08 Å². The van der Waals surface area contributed by atoms with Gasteiger partial charge in [0.2, 0.25) is 0 Å². The quantitative estimate of drug-likeness (QED) is 0.442. The summed E-state index contributed by atoms with van der Waals surface area (Å²) in [5.41, 5.74) is 0. The first-order chi connectivity index (χ1) is 5.86. The summed E-state index contributed by atoms with van der Waals surface area (Å²) in [6.07, 6.45) is 0.439. The Labute approximate surface area is 77.0 Å². The molecular formula is C6H5ClO6. The van der Waals surface area contributed by atoms with Crippen LogP contribution >= 0.6 is 11.6 Å². The smallest absolute Gasteiger partial charge is 0.347 e. The Kier molecular flexibility index (Phi) is 3.93. The number of hydrogen-bond donors (Lipinski definition) is 3. The van der Waals surface area contributed by atoms with E-state index >= 15 is 0 Å². The summed E-state index contributed by atoms with van der Waals surface area (Å²) in [6.45, 7) is 0. The summed E-state index contributed by atoms with van der Waals surface area (Å²) < 4.78 is 0. The van der Waals surface area contributed by atoms with Crippen molar-refractivity contribution in [2.45, 2.75) is 0 Å². The monoisotopic (exact) mass is 208 g/mol. The van der Waals surface area contributed by atoms with Crippen LogP contribution in [-0.2, 0) is 14.4 Å². The minimum atomic E-state index is -1.94. The van der Waals surface area contributed by atoms with Gasteiger partial charge in [-0.05, 0) is 6.08 Å². The Morgan fingerprint density at radius 3 is 1.69 bits per heavy atom. The van der Waals surface area contributed by atoms with Gasteiger partial charge in [-0.25, -0.2) is 4.79 Å². The molecule has 6 nitrogen and oxygen atoms in total. The SMILES string of the molecule is O=C(O)C(Cl)=CC(C(=O)O)C(=O)O. The van der Waals surface area contributed by atoms with E-state index in [2.05, 4.69) is 0 Å². The maximum absolute atomic E-state index is 10.2. The second-order valence-electron chi connectivity index (χ2n) is 1.97. The van der Waals surface area contributed by atoms with Crippen LogP contribution in [0.4, 0.5) is 0 Å². The van der Waals surface area contributed by atoms with Gasteiger partial charge in [-0.2, -0.15) is 0 Å². The predicted molar refractivity (Wildman–Crippen MR) is 40.3 cm³/mol. The average Bonchev–Trinajstić information content (AvgIpc) is 1.97. The highest BCUT2D eigenvalue weighted by Crippen LogP contribution is 2.08. The summed E-state index contributed by atoms with van der Waals surface area (Å²) in [5, 5.41) is 24.0. The molecule has 0 unspecified atom stereocenters. The predicted octanol–water partition coefficient (Wildman–Crippen LogP) is -0.0209. The normalized spacial score (nSPS) is 11.4. The molecule has 0 bridgehead atoms. The molecular weight excluding hydrogens is 204 g/mol. The first-order valence-electron chi connectivity index (χ1n) is 2.92. The Bertz CT molecular complexity index is 267. The van der Waals surface area contributed by atoms with Crippen LogP contribution in [0.25, 0.3) is 0 Å². The highest BCUT2D eigenvalue weighted by atomic mass is 35.5. The fourth-order valence-corrected chi connectivity index (χ4v) is 0.592. The lowest BCUT2D eigenvalue weighted by molar-refractivity contribution is -0.151. The number of rotatable bonds is 4. The van der Waals surface area contributed by atoms with Crippen molar-refractivity contribution in [1.29, 1.82) is 0 Å². The number of carbonyl (C=O) groups is 3. The number of carboxylic acids is 3. The molecule has 0 aliphatic heterocycles. The van der Waals surface area contributed by atoms with E-state index in [1.807, 2.05) is 0 Å². The standard InChI is InChI=1S/C6H5ClO6/c7-3(6(12)13)1-2(4(8)9)5(10)11/h1-2H,(H,8,9)(H,10,11)(H,12,13). The topological polar surface area (TPSA) is 112 Å². The first kappa shape index (κ1) is 11.4. The van der Waals surface area contributed by atoms with Gasteiger partial charge in [-0.15, -0.1) is 0 Å². The molecule has 0 aromatic heterocycles. The molecule has 0 aliphatic rings. The van der Waals surface area contributed by atoms with E-state index in [1.165, 1.54) is 0 Å². The molecule has 0 heterocycles. The Hall–Kier alpha value is -1.56. The molecule has 0 atom stereocenters. The summed E-state index contributed by atoms with van der Waals surface area (Å²) in [7, 11) is 0. The minimum Gasteiger partial charge on any atom is -0.480 e. The molecule has 72 valence electrons. The van der Waals surface area contributed by atoms with Gasteiger partial charge in [0.1, 0.15) is 5.03 Å². The number of carboxylic acid groups (broad SMARTS) is 3. The van der Waals surface area contributed by atoms with Crippen molar-refractivity contribution in [1.82, 2.24) is 0 Å². The van der Waals surface area contributed by atoms with Crippen molar-refractivity contribution in [2.24, 2.45) is 5.92 Å². The number of hydrogen-bond acceptors (Lipinski definition) is 3. The third-order valence-corrected chi connectivity index (χ3v) is 1.34. The van der Waals surface area contributed by atoms with Gasteiger partial charge in [-0.1, -0.05) is 11.6 Å². The average molecular weight is 209 g/mol. The van der Waals surface area contributed by atoms with Crippen LogP contribution < -0.4 is 0 Å². The van der Waals surface area contributed by atoms with Gasteiger partial charge in [0.15, 0.2) is 5.92 Å². The van der Waals surface area contributed by atoms with Gasteiger partial charge in [0, 0.05) is 0 Å². The van der Waals surface area contributed by atoms with Gasteiger partial charge in [-0.3, -0.25) is 9.59 Å². The van der Waals surface area contributed by atoms with Crippen LogP contribution in [-0.4, -0.2) is 33.2 Å². The van der Waals surface area contributed by atoms with E-state index in [9.17, 15) is 14.4 Å². The van der Waals surface area contributed by atoms with Crippen molar-refractivity contribution >= 4 is 29.5 Å². The van der Waals surface area contributed by atoms with Gasteiger partial charge in [0.05, 0.1) is 0 Å². The largest absolute Gasteiger partial charge is 0.480 e. The van der Waals surface area contributed by atoms with E-state index < -0.39 is 28.9 Å². The van der Waals surface area contributed by atoms with Crippen LogP contribution in [0.5, 0.6) is 0 Å². The lowest BCUT2D eigenvalue weighted by Crippen LogP contribution is -2.21. The molecule has 13 heavy (non-hydrogen) atoms. The fourth-order valence-electron chi connectivity index (χ4n) is 0.466. The van der Waals surface area contributed by atoms with Crippen molar-refractivity contribution in [3.05, 3.63) is 11.1 Å². The molecule has 0 fully saturated rings. The Balaban J connectivity index is 4.80. The Morgan fingerprint density at radius 2 is 1.46 bits per heavy atom. The van der Waals surface area contributed by atoms with E-state index in [-0.39, 0.29) is 0 Å². The van der Waals surface area contributed by atoms with Crippen LogP contribution in [0, 0.1) is 5.92 Å². The molecule has 0 aromatic carbocycles. The third-order valence-electron chi connectivity index (χ3n) is 1.05. The zero-order valence-electron chi connectivity index (χ0n) is 6.10. The lowest BCUT2D eigenvalue weighted by Gasteiger charge is -2.00. The number of halogens is 1. The summed E-state index contributed by atoms with van der Waals surface area (Å²) in [6, 6.07) is 0. The summed E-state index contributed by atoms with van der Waals surface area (Å²) in [4.78, 5) is 30.5. The van der Waals surface area contributed by atoms with Gasteiger partial charge in [0.25, 0.3) is 0 Å². The molecule has 7 heteroatoms. The summed E-state index contributed by atoms with van der Waals surface area (Å²) >= 11 is 5.03. The molecule has 0 spiro atoms. The van der Waals surface area contributed by atoms with E-state index in [1.54, 1.807) is 0 Å². The first-order valence-corrected chi connectivity index (χ1v) is 3.30. The minimum absolute atomic E-state index is 0.439. The molecule has 0 saturated heterocycles. The van der Waals surface area contributed by atoms with E-state index in [0.717, 1.165) is 0 Å². The third kappa shape index (κ3) is 3.57. The van der Waals surface area contributed by atoms with Gasteiger partial charge < -0.3 is 15.3 Å². The lowest BCUT2D eigenvalue weighted by atomic mass is 10.1. The van der Waals surface area contributed by atoms with Crippen LogP contribution in [0.1, 0.15) is 0 Å². The zero-order chi connectivity index (χ0) is 10.6. The molecule has 0 rings (SSSR count). The maximum atomic E-state index is 10.2. The maximum Gasteiger partial charge on any atom is 0.347 e. The number of aliphatic carboxylic acids is 3. The molecule has 0 amide bonds. The van der Waals surface area contributed by atoms with Crippen molar-refractivity contribution in [2.75, 3.05) is 0 Å². The summed E-state index contributed by atoms with van der Waals surface area (Å²) in [5.74, 6) is -6.86. The highest BCUT2D eigenvalue weighted by Gasteiger charge is 2.24. The molecule has 0 saturated carbocycles. The van der Waals surface area contributed by atoms with Gasteiger partial charge >= 0.3 is 17.9 Å². The van der Waals surface area contributed by atoms with Crippen molar-refractivity contribution in [3.8, 4) is 0 Å². The van der Waals surface area contributed by atoms with Crippen LogP contribution in [0.2, 0.25) is 0 Å². The molecule has 0 radical (unpaired) electrons. The highest BCUT2D eigenvalue weighted by molar-refractivity contribution is 6.41. The molecule has 0 aliphatic carbocycles. The Morgan fingerprint density at radius 1 is 1.08 bits per heavy atom. The van der Waals surface area contributed by atoms with Crippen molar-refractivity contribution in [3.63, 3.8) is 0 Å². The van der Waals surface area contributed by atoms with Crippen LogP contribution in [0.15, 0.2) is 11.1 Å². The molecule has 3 N–H and O–H groups in total. The second kappa shape index (κ2) is 4.46. The zero-order valence-corrected chi connectivity index (χ0v) is 6.85. The molecule has 0 aromatic rings.